The van der Waals surface area contributed by atoms with E-state index in [1.807, 2.05) is 0 Å². The largest absolute Gasteiger partial charge is 0.444 e. The Hall–Kier alpha value is -2.94. The van der Waals surface area contributed by atoms with E-state index < -0.39 is 17.7 Å². The Bertz CT molecular complexity index is 1120. The second-order valence-electron chi connectivity index (χ2n) is 12.4. The minimum absolute atomic E-state index is 0.00797. The van der Waals surface area contributed by atoms with E-state index in [0.717, 1.165) is 56.8 Å². The van der Waals surface area contributed by atoms with Crippen LogP contribution in [0.5, 0.6) is 0 Å². The number of alkyl carbamates (subject to hydrolysis) is 1. The third-order valence-corrected chi connectivity index (χ3v) is 8.04. The van der Waals surface area contributed by atoms with E-state index in [-0.39, 0.29) is 23.3 Å². The minimum atomic E-state index is -0.664. The maximum Gasteiger partial charge on any atom is 0.408 e. The van der Waals surface area contributed by atoms with Crippen LogP contribution < -0.4 is 16.0 Å². The molecule has 3 atom stereocenters. The summed E-state index contributed by atoms with van der Waals surface area (Å²) in [6.45, 7) is 7.93. The second-order valence-corrected chi connectivity index (χ2v) is 12.4. The van der Waals surface area contributed by atoms with Gasteiger partial charge in [0.25, 0.3) is 0 Å². The number of benzene rings is 1. The van der Waals surface area contributed by atoms with Crippen LogP contribution in [0, 0.1) is 0 Å². The molecule has 1 aromatic carbocycles. The normalized spacial score (nSPS) is 26.7. The predicted octanol–water partition coefficient (Wildman–Crippen LogP) is 4.30. The molecular weight excluding hydrogens is 482 g/mol. The zero-order chi connectivity index (χ0) is 26.9. The van der Waals surface area contributed by atoms with Gasteiger partial charge in [0, 0.05) is 35.9 Å². The lowest BCUT2D eigenvalue weighted by atomic mass is 9.86. The number of hydrogen-bond donors (Lipinski definition) is 3. The SMILES string of the molecule is C[C@H](NC(=O)OC(C)(C)C)C(=O)NC1CCC(c2nc(C3(CN[C@@H]4C[C@H]4c4ccccc4)CC3)no2)CC1. The van der Waals surface area contributed by atoms with Crippen LogP contribution in [0.3, 0.4) is 0 Å². The smallest absolute Gasteiger partial charge is 0.408 e. The van der Waals surface area contributed by atoms with Crippen LogP contribution >= 0.6 is 0 Å². The van der Waals surface area contributed by atoms with Crippen molar-refractivity contribution in [1.82, 2.24) is 26.1 Å². The van der Waals surface area contributed by atoms with E-state index in [9.17, 15) is 9.59 Å². The summed E-state index contributed by atoms with van der Waals surface area (Å²) < 4.78 is 11.0. The Morgan fingerprint density at radius 3 is 2.50 bits per heavy atom. The molecule has 2 aromatic rings. The van der Waals surface area contributed by atoms with E-state index in [2.05, 4.69) is 51.4 Å². The van der Waals surface area contributed by atoms with Gasteiger partial charge in [-0.15, -0.1) is 0 Å². The molecule has 0 aliphatic heterocycles. The van der Waals surface area contributed by atoms with Crippen molar-refractivity contribution in [2.45, 2.75) is 114 Å². The molecule has 9 nitrogen and oxygen atoms in total. The van der Waals surface area contributed by atoms with Crippen LogP contribution in [0.2, 0.25) is 0 Å². The van der Waals surface area contributed by atoms with E-state index in [1.54, 1.807) is 27.7 Å². The summed E-state index contributed by atoms with van der Waals surface area (Å²) in [5.41, 5.74) is 0.817. The number of carbonyl (C=O) groups excluding carboxylic acids is 2. The first-order valence-corrected chi connectivity index (χ1v) is 14.0. The van der Waals surface area contributed by atoms with Gasteiger partial charge in [0.2, 0.25) is 11.8 Å². The second kappa shape index (κ2) is 10.7. The number of carbonyl (C=O) groups is 2. The molecule has 0 saturated heterocycles. The maximum absolute atomic E-state index is 12.6. The summed E-state index contributed by atoms with van der Waals surface area (Å²) >= 11 is 0. The van der Waals surface area contributed by atoms with E-state index >= 15 is 0 Å². The van der Waals surface area contributed by atoms with Gasteiger partial charge in [0.05, 0.1) is 0 Å². The lowest BCUT2D eigenvalue weighted by molar-refractivity contribution is -0.123. The van der Waals surface area contributed by atoms with Gasteiger partial charge in [-0.25, -0.2) is 4.79 Å². The standard InChI is InChI=1S/C29H41N5O4/c1-18(31-27(36)37-28(2,3)4)24(35)32-21-12-10-20(11-13-21)25-33-26(34-38-25)29(14-15-29)17-30-23-16-22(23)19-8-6-5-7-9-19/h5-9,18,20-23,30H,10-17H2,1-4H3,(H,31,36)(H,32,35)/t18-,20?,21?,22-,23+/m0/s1. The summed E-state index contributed by atoms with van der Waals surface area (Å²) in [6, 6.07) is 10.7. The molecule has 0 bridgehead atoms. The van der Waals surface area contributed by atoms with Crippen molar-refractivity contribution in [3.63, 3.8) is 0 Å². The molecule has 3 aliphatic carbocycles. The number of amides is 2. The lowest BCUT2D eigenvalue weighted by Crippen LogP contribution is -2.49. The summed E-state index contributed by atoms with van der Waals surface area (Å²) in [5.74, 6) is 2.20. The summed E-state index contributed by atoms with van der Waals surface area (Å²) in [6.07, 6.45) is 6.22. The fourth-order valence-corrected chi connectivity index (χ4v) is 5.42. The molecule has 0 unspecified atom stereocenters. The average molecular weight is 524 g/mol. The minimum Gasteiger partial charge on any atom is -0.444 e. The van der Waals surface area contributed by atoms with Gasteiger partial charge in [-0.3, -0.25) is 4.79 Å². The fourth-order valence-electron chi connectivity index (χ4n) is 5.42. The molecule has 5 rings (SSSR count). The first-order chi connectivity index (χ1) is 18.1. The van der Waals surface area contributed by atoms with E-state index in [0.29, 0.717) is 12.0 Å². The van der Waals surface area contributed by atoms with Gasteiger partial charge >= 0.3 is 6.09 Å². The van der Waals surface area contributed by atoms with Crippen LogP contribution in [0.1, 0.15) is 102 Å². The Kier molecular flexibility index (Phi) is 7.49. The van der Waals surface area contributed by atoms with Crippen molar-refractivity contribution in [3.8, 4) is 0 Å². The molecule has 2 amide bonds. The molecule has 3 aliphatic rings. The summed E-state index contributed by atoms with van der Waals surface area (Å²) in [7, 11) is 0. The van der Waals surface area contributed by atoms with Crippen LogP contribution in [0.25, 0.3) is 0 Å². The van der Waals surface area contributed by atoms with Gasteiger partial charge in [-0.05, 0) is 78.2 Å². The number of nitrogens with zero attached hydrogens (tertiary/aromatic N) is 2. The summed E-state index contributed by atoms with van der Waals surface area (Å²) in [5, 5.41) is 13.8. The molecule has 0 radical (unpaired) electrons. The third kappa shape index (κ3) is 6.54. The first-order valence-electron chi connectivity index (χ1n) is 14.0. The zero-order valence-electron chi connectivity index (χ0n) is 23.0. The Morgan fingerprint density at radius 1 is 1.13 bits per heavy atom. The highest BCUT2D eigenvalue weighted by Gasteiger charge is 2.50. The molecule has 0 spiro atoms. The van der Waals surface area contributed by atoms with Crippen LogP contribution in [0.4, 0.5) is 4.79 Å². The lowest BCUT2D eigenvalue weighted by Gasteiger charge is -2.28. The molecule has 1 heterocycles. The molecule has 3 saturated carbocycles. The van der Waals surface area contributed by atoms with Crippen molar-refractivity contribution in [3.05, 3.63) is 47.6 Å². The molecule has 9 heteroatoms. The topological polar surface area (TPSA) is 118 Å². The van der Waals surface area contributed by atoms with Crippen LogP contribution in [-0.2, 0) is 14.9 Å². The maximum atomic E-state index is 12.6. The Morgan fingerprint density at radius 2 is 1.84 bits per heavy atom. The van der Waals surface area contributed by atoms with Crippen molar-refractivity contribution in [2.75, 3.05) is 6.54 Å². The highest BCUT2D eigenvalue weighted by Crippen LogP contribution is 2.48. The van der Waals surface area contributed by atoms with Gasteiger partial charge < -0.3 is 25.2 Å². The monoisotopic (exact) mass is 523 g/mol. The third-order valence-electron chi connectivity index (χ3n) is 8.04. The van der Waals surface area contributed by atoms with Crippen molar-refractivity contribution >= 4 is 12.0 Å². The van der Waals surface area contributed by atoms with Crippen LogP contribution in [-0.4, -0.2) is 52.4 Å². The molecule has 3 N–H and O–H groups in total. The van der Waals surface area contributed by atoms with Gasteiger partial charge in [-0.1, -0.05) is 35.5 Å². The van der Waals surface area contributed by atoms with Crippen LogP contribution in [0.15, 0.2) is 34.9 Å². The molecular formula is C29H41N5O4. The summed E-state index contributed by atoms with van der Waals surface area (Å²) in [4.78, 5) is 29.4. The Balaban J connectivity index is 1.05. The molecule has 206 valence electrons. The van der Waals surface area contributed by atoms with E-state index in [1.165, 1.54) is 12.0 Å². The Labute approximate surface area is 224 Å². The highest BCUT2D eigenvalue weighted by atomic mass is 16.6. The first kappa shape index (κ1) is 26.7. The van der Waals surface area contributed by atoms with Crippen molar-refractivity contribution in [1.29, 1.82) is 0 Å². The van der Waals surface area contributed by atoms with Crippen molar-refractivity contribution < 1.29 is 18.8 Å². The van der Waals surface area contributed by atoms with Gasteiger partial charge in [0.15, 0.2) is 5.82 Å². The highest BCUT2D eigenvalue weighted by molar-refractivity contribution is 5.85. The van der Waals surface area contributed by atoms with Gasteiger partial charge in [0.1, 0.15) is 11.6 Å². The number of rotatable bonds is 9. The number of aromatic nitrogens is 2. The fraction of sp³-hybridized carbons (Fsp3) is 0.655. The van der Waals surface area contributed by atoms with E-state index in [4.69, 9.17) is 14.2 Å². The number of ether oxygens (including phenoxy) is 1. The molecule has 38 heavy (non-hydrogen) atoms. The molecule has 3 fully saturated rings. The van der Waals surface area contributed by atoms with Gasteiger partial charge in [-0.2, -0.15) is 4.98 Å². The average Bonchev–Trinajstić information content (AvgIpc) is 3.79. The van der Waals surface area contributed by atoms with Crippen molar-refractivity contribution in [2.24, 2.45) is 0 Å². The number of hydrogen-bond acceptors (Lipinski definition) is 7. The predicted molar refractivity (Wildman–Crippen MR) is 143 cm³/mol. The number of nitrogens with one attached hydrogen (secondary N) is 3. The zero-order valence-corrected chi connectivity index (χ0v) is 23.0. The quantitative estimate of drug-likeness (QED) is 0.448. The molecule has 1 aromatic heterocycles.